The Kier molecular flexibility index (Phi) is 2.87. The van der Waals surface area contributed by atoms with Crippen molar-refractivity contribution >= 4 is 17.4 Å². The third-order valence-electron chi connectivity index (χ3n) is 2.20. The Bertz CT molecular complexity index is 505. The standard InChI is InChI=1S/C11H10N2O2S/c1-15-8-4-2-7(3-5-8)10-9(11(12)14)6-16-13-10/h2-6H,1H3,(H2,12,14). The molecule has 0 fully saturated rings. The Morgan fingerprint density at radius 1 is 1.38 bits per heavy atom. The highest BCUT2D eigenvalue weighted by Crippen LogP contribution is 2.25. The van der Waals surface area contributed by atoms with E-state index in [4.69, 9.17) is 10.5 Å². The molecule has 0 saturated heterocycles. The molecule has 1 amide bonds. The molecular weight excluding hydrogens is 224 g/mol. The van der Waals surface area contributed by atoms with Crippen molar-refractivity contribution < 1.29 is 9.53 Å². The Morgan fingerprint density at radius 3 is 2.62 bits per heavy atom. The van der Waals surface area contributed by atoms with Crippen molar-refractivity contribution in [3.05, 3.63) is 35.2 Å². The summed E-state index contributed by atoms with van der Waals surface area (Å²) >= 11 is 1.22. The highest BCUT2D eigenvalue weighted by molar-refractivity contribution is 7.04. The van der Waals surface area contributed by atoms with Gasteiger partial charge in [0.25, 0.3) is 5.91 Å². The molecule has 1 heterocycles. The second-order valence-corrected chi connectivity index (χ2v) is 3.80. The molecule has 0 aliphatic heterocycles. The van der Waals surface area contributed by atoms with Crippen molar-refractivity contribution in [2.75, 3.05) is 7.11 Å². The molecule has 4 nitrogen and oxygen atoms in total. The van der Waals surface area contributed by atoms with Crippen molar-refractivity contribution in [1.29, 1.82) is 0 Å². The van der Waals surface area contributed by atoms with E-state index in [2.05, 4.69) is 4.37 Å². The first-order valence-corrected chi connectivity index (χ1v) is 5.44. The van der Waals surface area contributed by atoms with E-state index >= 15 is 0 Å². The summed E-state index contributed by atoms with van der Waals surface area (Å²) in [6, 6.07) is 7.33. The van der Waals surface area contributed by atoms with Crippen LogP contribution in [0.3, 0.4) is 0 Å². The summed E-state index contributed by atoms with van der Waals surface area (Å²) in [6.07, 6.45) is 0. The summed E-state index contributed by atoms with van der Waals surface area (Å²) in [7, 11) is 1.60. The Hall–Kier alpha value is -1.88. The van der Waals surface area contributed by atoms with Gasteiger partial charge in [-0.05, 0) is 35.8 Å². The van der Waals surface area contributed by atoms with Crippen molar-refractivity contribution in [2.45, 2.75) is 0 Å². The van der Waals surface area contributed by atoms with Crippen LogP contribution in [0.4, 0.5) is 0 Å². The fraction of sp³-hybridized carbons (Fsp3) is 0.0909. The highest BCUT2D eigenvalue weighted by Gasteiger charge is 2.12. The fourth-order valence-electron chi connectivity index (χ4n) is 1.37. The van der Waals surface area contributed by atoms with Crippen LogP contribution in [0.25, 0.3) is 11.3 Å². The van der Waals surface area contributed by atoms with E-state index < -0.39 is 5.91 Å². The van der Waals surface area contributed by atoms with E-state index in [0.29, 0.717) is 11.3 Å². The number of benzene rings is 1. The van der Waals surface area contributed by atoms with Gasteiger partial charge in [-0.3, -0.25) is 4.79 Å². The van der Waals surface area contributed by atoms with Crippen LogP contribution >= 0.6 is 11.5 Å². The van der Waals surface area contributed by atoms with Gasteiger partial charge in [-0.25, -0.2) is 0 Å². The smallest absolute Gasteiger partial charge is 0.251 e. The molecule has 16 heavy (non-hydrogen) atoms. The molecule has 2 rings (SSSR count). The maximum atomic E-state index is 11.1. The average Bonchev–Trinajstić information content (AvgIpc) is 2.78. The number of nitrogens with zero attached hydrogens (tertiary/aromatic N) is 1. The van der Waals surface area contributed by atoms with Crippen LogP contribution in [0.1, 0.15) is 10.4 Å². The van der Waals surface area contributed by atoms with Gasteiger partial charge in [0.05, 0.1) is 18.4 Å². The van der Waals surface area contributed by atoms with Crippen LogP contribution in [0, 0.1) is 0 Å². The Labute approximate surface area is 96.8 Å². The monoisotopic (exact) mass is 234 g/mol. The van der Waals surface area contributed by atoms with Gasteiger partial charge in [-0.2, -0.15) is 4.37 Å². The van der Waals surface area contributed by atoms with Crippen LogP contribution < -0.4 is 10.5 Å². The number of carbonyl (C=O) groups excluding carboxylic acids is 1. The van der Waals surface area contributed by atoms with Gasteiger partial charge in [0.15, 0.2) is 0 Å². The maximum Gasteiger partial charge on any atom is 0.251 e. The van der Waals surface area contributed by atoms with E-state index in [1.807, 2.05) is 24.3 Å². The van der Waals surface area contributed by atoms with Crippen molar-refractivity contribution in [2.24, 2.45) is 5.73 Å². The minimum absolute atomic E-state index is 0.454. The predicted octanol–water partition coefficient (Wildman–Crippen LogP) is 1.92. The van der Waals surface area contributed by atoms with E-state index in [0.717, 1.165) is 11.3 Å². The second-order valence-electron chi connectivity index (χ2n) is 3.17. The molecule has 0 bridgehead atoms. The Morgan fingerprint density at radius 2 is 2.06 bits per heavy atom. The SMILES string of the molecule is COc1ccc(-c2nscc2C(N)=O)cc1. The first-order chi connectivity index (χ1) is 7.72. The fourth-order valence-corrected chi connectivity index (χ4v) is 2.06. The summed E-state index contributed by atoms with van der Waals surface area (Å²) in [6.45, 7) is 0. The summed E-state index contributed by atoms with van der Waals surface area (Å²) in [5.74, 6) is 0.305. The quantitative estimate of drug-likeness (QED) is 0.882. The number of aromatic nitrogens is 1. The maximum absolute atomic E-state index is 11.1. The predicted molar refractivity (Wildman–Crippen MR) is 62.6 cm³/mol. The number of hydrogen-bond donors (Lipinski definition) is 1. The van der Waals surface area contributed by atoms with E-state index in [-0.39, 0.29) is 0 Å². The van der Waals surface area contributed by atoms with E-state index in [1.54, 1.807) is 12.5 Å². The Balaban J connectivity index is 2.42. The molecule has 2 N–H and O–H groups in total. The van der Waals surface area contributed by atoms with Crippen LogP contribution in [0.15, 0.2) is 29.6 Å². The van der Waals surface area contributed by atoms with Crippen LogP contribution in [-0.2, 0) is 0 Å². The van der Waals surface area contributed by atoms with Gasteiger partial charge in [0.1, 0.15) is 5.75 Å². The molecule has 0 aliphatic carbocycles. The third-order valence-corrected chi connectivity index (χ3v) is 2.83. The summed E-state index contributed by atoms with van der Waals surface area (Å²) in [5.41, 5.74) is 7.19. The van der Waals surface area contributed by atoms with Crippen LogP contribution in [0.2, 0.25) is 0 Å². The van der Waals surface area contributed by atoms with Crippen molar-refractivity contribution in [3.8, 4) is 17.0 Å². The third kappa shape index (κ3) is 1.90. The number of methoxy groups -OCH3 is 1. The van der Waals surface area contributed by atoms with Gasteiger partial charge >= 0.3 is 0 Å². The number of amides is 1. The lowest BCUT2D eigenvalue weighted by molar-refractivity contribution is 0.100. The molecule has 1 aromatic heterocycles. The molecule has 0 atom stereocenters. The molecule has 0 radical (unpaired) electrons. The van der Waals surface area contributed by atoms with E-state index in [1.165, 1.54) is 11.5 Å². The molecule has 1 aromatic carbocycles. The molecular formula is C11H10N2O2S. The van der Waals surface area contributed by atoms with Gasteiger partial charge in [-0.1, -0.05) is 0 Å². The van der Waals surface area contributed by atoms with Gasteiger partial charge < -0.3 is 10.5 Å². The lowest BCUT2D eigenvalue weighted by Gasteiger charge is -2.02. The number of hydrogen-bond acceptors (Lipinski definition) is 4. The summed E-state index contributed by atoms with van der Waals surface area (Å²) in [4.78, 5) is 11.1. The minimum Gasteiger partial charge on any atom is -0.497 e. The van der Waals surface area contributed by atoms with E-state index in [9.17, 15) is 4.79 Å². The molecule has 0 aliphatic rings. The van der Waals surface area contributed by atoms with Crippen molar-refractivity contribution in [3.63, 3.8) is 0 Å². The first-order valence-electron chi connectivity index (χ1n) is 4.61. The summed E-state index contributed by atoms with van der Waals surface area (Å²) in [5, 5.41) is 1.65. The highest BCUT2D eigenvalue weighted by atomic mass is 32.1. The largest absolute Gasteiger partial charge is 0.497 e. The lowest BCUT2D eigenvalue weighted by atomic mass is 10.1. The molecule has 0 unspecified atom stereocenters. The number of carbonyl (C=O) groups is 1. The molecule has 5 heteroatoms. The molecule has 0 saturated carbocycles. The zero-order chi connectivity index (χ0) is 11.5. The topological polar surface area (TPSA) is 65.2 Å². The number of primary amides is 1. The zero-order valence-corrected chi connectivity index (χ0v) is 9.45. The van der Waals surface area contributed by atoms with Gasteiger partial charge in [-0.15, -0.1) is 0 Å². The average molecular weight is 234 g/mol. The molecule has 0 spiro atoms. The molecule has 82 valence electrons. The van der Waals surface area contributed by atoms with Crippen LogP contribution in [-0.4, -0.2) is 17.4 Å². The first kappa shape index (κ1) is 10.6. The zero-order valence-electron chi connectivity index (χ0n) is 8.64. The van der Waals surface area contributed by atoms with Crippen LogP contribution in [0.5, 0.6) is 5.75 Å². The normalized spacial score (nSPS) is 10.1. The second kappa shape index (κ2) is 4.32. The lowest BCUT2D eigenvalue weighted by Crippen LogP contribution is -2.10. The van der Waals surface area contributed by atoms with Crippen molar-refractivity contribution in [1.82, 2.24) is 4.37 Å². The number of ether oxygens (including phenoxy) is 1. The summed E-state index contributed by atoms with van der Waals surface area (Å²) < 4.78 is 9.22. The number of rotatable bonds is 3. The minimum atomic E-state index is -0.459. The number of nitrogens with two attached hydrogens (primary N) is 1. The van der Waals surface area contributed by atoms with Gasteiger partial charge in [0.2, 0.25) is 0 Å². The molecule has 2 aromatic rings. The van der Waals surface area contributed by atoms with Gasteiger partial charge in [0, 0.05) is 10.9 Å².